The van der Waals surface area contributed by atoms with Crippen molar-refractivity contribution >= 4 is 5.82 Å². The van der Waals surface area contributed by atoms with Crippen LogP contribution in [0.25, 0.3) is 0 Å². The summed E-state index contributed by atoms with van der Waals surface area (Å²) in [6.45, 7) is -0.275. The molecule has 2 rings (SSSR count). The molecule has 15 heavy (non-hydrogen) atoms. The largest absolute Gasteiger partial charge is 0.390 e. The molecule has 0 aliphatic carbocycles. The summed E-state index contributed by atoms with van der Waals surface area (Å²) in [6, 6.07) is 0. The van der Waals surface area contributed by atoms with Gasteiger partial charge in [-0.05, 0) is 0 Å². The summed E-state index contributed by atoms with van der Waals surface area (Å²) in [4.78, 5) is 7.89. The van der Waals surface area contributed by atoms with Crippen molar-refractivity contribution in [2.75, 3.05) is 5.32 Å². The molecule has 0 radical (unpaired) electrons. The Kier molecular flexibility index (Phi) is 2.29. The normalized spacial score (nSPS) is 29.5. The Bertz CT molecular complexity index is 382. The lowest BCUT2D eigenvalue weighted by Crippen LogP contribution is -2.63. The first-order chi connectivity index (χ1) is 7.03. The molecule has 0 saturated carbocycles. The molecule has 2 atom stereocenters. The first-order valence-corrected chi connectivity index (χ1v) is 4.31. The number of aromatic nitrogens is 2. The van der Waals surface area contributed by atoms with Gasteiger partial charge in [0.05, 0.1) is 18.5 Å². The quantitative estimate of drug-likeness (QED) is 0.276. The third-order valence-corrected chi connectivity index (χ3v) is 2.01. The second kappa shape index (κ2) is 3.36. The maximum Gasteiger partial charge on any atom is 0.220 e. The Morgan fingerprint density at radius 3 is 3.00 bits per heavy atom. The molecule has 8 heteroatoms. The van der Waals surface area contributed by atoms with Gasteiger partial charge in [-0.2, -0.15) is 0 Å². The number of nitrogens with two attached hydrogens (primary N) is 2. The zero-order valence-electron chi connectivity index (χ0n) is 7.81. The van der Waals surface area contributed by atoms with Gasteiger partial charge in [0.2, 0.25) is 5.85 Å². The van der Waals surface area contributed by atoms with Gasteiger partial charge in [-0.15, -0.1) is 0 Å². The van der Waals surface area contributed by atoms with Crippen LogP contribution in [-0.2, 0) is 12.5 Å². The van der Waals surface area contributed by atoms with Crippen LogP contribution < -0.4 is 22.1 Å². The summed E-state index contributed by atoms with van der Waals surface area (Å²) in [5, 5.41) is 23.9. The van der Waals surface area contributed by atoms with Crippen LogP contribution >= 0.6 is 0 Å². The molecule has 1 aliphatic heterocycles. The number of hydrogen-bond donors (Lipinski definition) is 6. The number of hydrogen-bond acceptors (Lipinski definition) is 8. The van der Waals surface area contributed by atoms with Gasteiger partial charge in [-0.3, -0.25) is 11.5 Å². The van der Waals surface area contributed by atoms with Crippen molar-refractivity contribution < 1.29 is 10.2 Å². The van der Waals surface area contributed by atoms with E-state index >= 15 is 0 Å². The van der Waals surface area contributed by atoms with Crippen molar-refractivity contribution in [3.05, 3.63) is 17.6 Å². The molecule has 2 heterocycles. The van der Waals surface area contributed by atoms with Gasteiger partial charge in [0, 0.05) is 0 Å². The molecule has 0 fully saturated rings. The van der Waals surface area contributed by atoms with Crippen LogP contribution in [0.1, 0.15) is 11.4 Å². The van der Waals surface area contributed by atoms with Crippen molar-refractivity contribution in [3.63, 3.8) is 0 Å². The van der Waals surface area contributed by atoms with E-state index in [1.165, 1.54) is 6.20 Å². The fourth-order valence-electron chi connectivity index (χ4n) is 1.36. The van der Waals surface area contributed by atoms with E-state index in [0.29, 0.717) is 11.5 Å². The summed E-state index contributed by atoms with van der Waals surface area (Å²) in [5.74, 6) is -1.55. The van der Waals surface area contributed by atoms with E-state index in [-0.39, 0.29) is 12.3 Å². The molecule has 1 aromatic heterocycles. The number of rotatable bonds is 1. The zero-order chi connectivity index (χ0) is 11.1. The Balaban J connectivity index is 2.48. The maximum absolute atomic E-state index is 9.78. The van der Waals surface area contributed by atoms with Crippen LogP contribution in [0, 0.1) is 0 Å². The Labute approximate surface area is 85.3 Å². The van der Waals surface area contributed by atoms with Crippen molar-refractivity contribution in [1.82, 2.24) is 15.3 Å². The lowest BCUT2D eigenvalue weighted by Gasteiger charge is -2.34. The molecular weight excluding hydrogens is 200 g/mol. The molecule has 0 aromatic carbocycles. The van der Waals surface area contributed by atoms with Gasteiger partial charge in [0.25, 0.3) is 0 Å². The Hall–Kier alpha value is -1.32. The molecule has 1 aliphatic rings. The molecule has 0 saturated heterocycles. The molecule has 0 amide bonds. The van der Waals surface area contributed by atoms with E-state index in [0.717, 1.165) is 0 Å². The van der Waals surface area contributed by atoms with Crippen LogP contribution in [0.4, 0.5) is 5.82 Å². The van der Waals surface area contributed by atoms with Crippen LogP contribution in [0.3, 0.4) is 0 Å². The topological polar surface area (TPSA) is 142 Å². The van der Waals surface area contributed by atoms with E-state index in [9.17, 15) is 5.11 Å². The zero-order valence-corrected chi connectivity index (χ0v) is 7.81. The molecule has 1 aromatic rings. The van der Waals surface area contributed by atoms with Crippen LogP contribution in [0.5, 0.6) is 0 Å². The van der Waals surface area contributed by atoms with E-state index in [1.807, 2.05) is 0 Å². The van der Waals surface area contributed by atoms with Crippen LogP contribution in [-0.4, -0.2) is 26.5 Å². The summed E-state index contributed by atoms with van der Waals surface area (Å²) in [5.41, 5.74) is 11.5. The van der Waals surface area contributed by atoms with Gasteiger partial charge >= 0.3 is 0 Å². The average molecular weight is 212 g/mol. The highest BCUT2D eigenvalue weighted by atomic mass is 16.3. The third kappa shape index (κ3) is 1.76. The average Bonchev–Trinajstić information content (AvgIpc) is 2.16. The predicted molar refractivity (Wildman–Crippen MR) is 50.8 cm³/mol. The summed E-state index contributed by atoms with van der Waals surface area (Å²) in [6.07, 6.45) is 0.668. The number of aliphatic hydroxyl groups is 2. The number of fused-ring (bicyclic) bond motifs is 1. The van der Waals surface area contributed by atoms with Crippen molar-refractivity contribution in [1.29, 1.82) is 0 Å². The molecular formula is C7H12N6O2. The monoisotopic (exact) mass is 212 g/mol. The van der Waals surface area contributed by atoms with E-state index in [1.54, 1.807) is 0 Å². The van der Waals surface area contributed by atoms with Gasteiger partial charge < -0.3 is 15.5 Å². The van der Waals surface area contributed by atoms with E-state index in [2.05, 4.69) is 20.6 Å². The lowest BCUT2D eigenvalue weighted by molar-refractivity contribution is -0.0107. The maximum atomic E-state index is 9.78. The number of nitrogens with one attached hydrogen (secondary N) is 2. The summed E-state index contributed by atoms with van der Waals surface area (Å²) < 4.78 is 0. The lowest BCUT2D eigenvalue weighted by atomic mass is 10.2. The van der Waals surface area contributed by atoms with Crippen LogP contribution in [0.2, 0.25) is 0 Å². The highest BCUT2D eigenvalue weighted by Gasteiger charge is 2.36. The molecule has 82 valence electrons. The Morgan fingerprint density at radius 1 is 1.60 bits per heavy atom. The predicted octanol–water partition coefficient (Wildman–Crippen LogP) is -2.71. The minimum Gasteiger partial charge on any atom is -0.390 e. The highest BCUT2D eigenvalue weighted by Crippen LogP contribution is 2.22. The molecule has 8 N–H and O–H groups in total. The van der Waals surface area contributed by atoms with E-state index < -0.39 is 12.1 Å². The molecule has 8 nitrogen and oxygen atoms in total. The van der Waals surface area contributed by atoms with Crippen molar-refractivity contribution in [2.24, 2.45) is 11.5 Å². The smallest absolute Gasteiger partial charge is 0.220 e. The van der Waals surface area contributed by atoms with Crippen molar-refractivity contribution in [3.8, 4) is 0 Å². The highest BCUT2D eigenvalue weighted by molar-refractivity contribution is 5.46. The first-order valence-electron chi connectivity index (χ1n) is 4.31. The molecule has 2 unspecified atom stereocenters. The van der Waals surface area contributed by atoms with Crippen LogP contribution in [0.15, 0.2) is 6.20 Å². The SMILES string of the molecule is NC1Nc2ncc(CO)nc2C(N)(O)N1. The second-order valence-electron chi connectivity index (χ2n) is 3.25. The molecule has 0 spiro atoms. The molecule has 0 bridgehead atoms. The number of aliphatic hydroxyl groups excluding tert-OH is 1. The standard InChI is InChI=1S/C7H12N6O2/c8-6-12-5-4(7(9,15)13-6)11-3(2-14)1-10-5/h1,6,13-15H,2,8-9H2,(H,10,12). The minimum atomic E-state index is -1.85. The van der Waals surface area contributed by atoms with E-state index in [4.69, 9.17) is 16.6 Å². The third-order valence-electron chi connectivity index (χ3n) is 2.01. The van der Waals surface area contributed by atoms with Crippen molar-refractivity contribution in [2.45, 2.75) is 18.7 Å². The minimum absolute atomic E-state index is 0.107. The number of nitrogens with zero attached hydrogens (tertiary/aromatic N) is 2. The Morgan fingerprint density at radius 2 is 2.33 bits per heavy atom. The van der Waals surface area contributed by atoms with Gasteiger partial charge in [0.15, 0.2) is 5.82 Å². The fraction of sp³-hybridized carbons (Fsp3) is 0.429. The summed E-state index contributed by atoms with van der Waals surface area (Å²) in [7, 11) is 0. The van der Waals surface area contributed by atoms with Gasteiger partial charge in [-0.25, -0.2) is 15.3 Å². The van der Waals surface area contributed by atoms with Gasteiger partial charge in [0.1, 0.15) is 12.0 Å². The number of anilines is 1. The van der Waals surface area contributed by atoms with Gasteiger partial charge in [-0.1, -0.05) is 0 Å². The fourth-order valence-corrected chi connectivity index (χ4v) is 1.36. The second-order valence-corrected chi connectivity index (χ2v) is 3.25. The summed E-state index contributed by atoms with van der Waals surface area (Å²) >= 11 is 0. The first kappa shape index (κ1) is 10.2.